The van der Waals surface area contributed by atoms with Crippen LogP contribution in [0.4, 0.5) is 11.6 Å². The molecule has 1 aromatic carbocycles. The number of para-hydroxylation sites is 1. The van der Waals surface area contributed by atoms with Crippen molar-refractivity contribution in [2.45, 2.75) is 6.42 Å². The molecule has 0 fully saturated rings. The van der Waals surface area contributed by atoms with E-state index in [2.05, 4.69) is 22.4 Å². The second-order valence-electron chi connectivity index (χ2n) is 3.89. The summed E-state index contributed by atoms with van der Waals surface area (Å²) in [6, 6.07) is 8.21. The van der Waals surface area contributed by atoms with Crippen LogP contribution >= 0.6 is 0 Å². The van der Waals surface area contributed by atoms with E-state index >= 15 is 0 Å². The van der Waals surface area contributed by atoms with Crippen molar-refractivity contribution in [1.29, 1.82) is 0 Å². The standard InChI is InChI=1S/C13H17N3O/c1-16-9-8-14-13(16)15-12-6-4-3-5-11(12)7-10-17-2/h3-6,8-9H,7,10H2,1-2H3,(H,14,15). The van der Waals surface area contributed by atoms with Gasteiger partial charge in [-0.3, -0.25) is 0 Å². The summed E-state index contributed by atoms with van der Waals surface area (Å²) in [7, 11) is 3.68. The molecule has 0 saturated heterocycles. The van der Waals surface area contributed by atoms with Crippen molar-refractivity contribution in [2.75, 3.05) is 19.0 Å². The number of methoxy groups -OCH3 is 1. The maximum Gasteiger partial charge on any atom is 0.207 e. The zero-order chi connectivity index (χ0) is 12.1. The number of aromatic nitrogens is 2. The Kier molecular flexibility index (Phi) is 3.77. The SMILES string of the molecule is COCCc1ccccc1Nc1nccn1C. The molecule has 1 N–H and O–H groups in total. The van der Waals surface area contributed by atoms with Crippen LogP contribution in [0.3, 0.4) is 0 Å². The lowest BCUT2D eigenvalue weighted by atomic mass is 10.1. The van der Waals surface area contributed by atoms with Gasteiger partial charge in [0.2, 0.25) is 5.95 Å². The summed E-state index contributed by atoms with van der Waals surface area (Å²) >= 11 is 0. The van der Waals surface area contributed by atoms with Crippen molar-refractivity contribution in [3.8, 4) is 0 Å². The Morgan fingerprint density at radius 3 is 2.88 bits per heavy atom. The Labute approximate surface area is 101 Å². The normalized spacial score (nSPS) is 10.5. The van der Waals surface area contributed by atoms with E-state index in [1.165, 1.54) is 5.56 Å². The maximum atomic E-state index is 5.11. The first-order chi connectivity index (χ1) is 8.31. The Morgan fingerprint density at radius 1 is 1.35 bits per heavy atom. The van der Waals surface area contributed by atoms with Crippen LogP contribution in [-0.4, -0.2) is 23.3 Å². The minimum Gasteiger partial charge on any atom is -0.384 e. The first kappa shape index (κ1) is 11.7. The highest BCUT2D eigenvalue weighted by Crippen LogP contribution is 2.19. The minimum absolute atomic E-state index is 0.721. The zero-order valence-electron chi connectivity index (χ0n) is 10.2. The van der Waals surface area contributed by atoms with E-state index in [-0.39, 0.29) is 0 Å². The van der Waals surface area contributed by atoms with Gasteiger partial charge in [-0.05, 0) is 18.1 Å². The number of anilines is 2. The average molecular weight is 231 g/mol. The molecule has 4 heteroatoms. The Morgan fingerprint density at radius 2 is 2.18 bits per heavy atom. The molecule has 17 heavy (non-hydrogen) atoms. The molecule has 0 unspecified atom stereocenters. The zero-order valence-corrected chi connectivity index (χ0v) is 10.2. The summed E-state index contributed by atoms with van der Waals surface area (Å²) < 4.78 is 7.06. The van der Waals surface area contributed by atoms with E-state index < -0.39 is 0 Å². The van der Waals surface area contributed by atoms with Gasteiger partial charge in [-0.1, -0.05) is 18.2 Å². The summed E-state index contributed by atoms with van der Waals surface area (Å²) in [6.07, 6.45) is 4.59. The molecule has 90 valence electrons. The van der Waals surface area contributed by atoms with Crippen molar-refractivity contribution >= 4 is 11.6 Å². The fourth-order valence-electron chi connectivity index (χ4n) is 1.68. The van der Waals surface area contributed by atoms with Crippen molar-refractivity contribution in [3.05, 3.63) is 42.2 Å². The molecule has 0 amide bonds. The summed E-state index contributed by atoms with van der Waals surface area (Å²) in [4.78, 5) is 4.25. The molecular formula is C13H17N3O. The van der Waals surface area contributed by atoms with Crippen molar-refractivity contribution in [1.82, 2.24) is 9.55 Å². The monoisotopic (exact) mass is 231 g/mol. The van der Waals surface area contributed by atoms with Crippen LogP contribution in [0, 0.1) is 0 Å². The van der Waals surface area contributed by atoms with Gasteiger partial charge in [-0.15, -0.1) is 0 Å². The van der Waals surface area contributed by atoms with Crippen LogP contribution in [0.1, 0.15) is 5.56 Å². The number of hydrogen-bond donors (Lipinski definition) is 1. The summed E-state index contributed by atoms with van der Waals surface area (Å²) in [5.41, 5.74) is 2.32. The van der Waals surface area contributed by atoms with Gasteiger partial charge in [0.25, 0.3) is 0 Å². The van der Waals surface area contributed by atoms with Crippen LogP contribution in [-0.2, 0) is 18.2 Å². The first-order valence-corrected chi connectivity index (χ1v) is 5.62. The molecule has 0 aliphatic rings. The third-order valence-corrected chi connectivity index (χ3v) is 2.66. The first-order valence-electron chi connectivity index (χ1n) is 5.62. The van der Waals surface area contributed by atoms with Gasteiger partial charge in [0.15, 0.2) is 0 Å². The Bertz CT molecular complexity index is 479. The minimum atomic E-state index is 0.721. The topological polar surface area (TPSA) is 39.1 Å². The van der Waals surface area contributed by atoms with Crippen molar-refractivity contribution in [3.63, 3.8) is 0 Å². The van der Waals surface area contributed by atoms with Crippen molar-refractivity contribution < 1.29 is 4.74 Å². The lowest BCUT2D eigenvalue weighted by Gasteiger charge is -2.11. The predicted octanol–water partition coefficient (Wildman–Crippen LogP) is 2.35. The van der Waals surface area contributed by atoms with Gasteiger partial charge in [-0.25, -0.2) is 4.98 Å². The molecule has 2 aromatic rings. The number of ether oxygens (including phenoxy) is 1. The highest BCUT2D eigenvalue weighted by Gasteiger charge is 2.04. The molecule has 1 aromatic heterocycles. The number of aryl methyl sites for hydroxylation is 1. The quantitative estimate of drug-likeness (QED) is 0.858. The summed E-state index contributed by atoms with van der Waals surface area (Å²) in [5, 5.41) is 3.33. The molecule has 0 aliphatic heterocycles. The second-order valence-corrected chi connectivity index (χ2v) is 3.89. The van der Waals surface area contributed by atoms with E-state index in [1.54, 1.807) is 13.3 Å². The molecule has 0 bridgehead atoms. The van der Waals surface area contributed by atoms with Crippen LogP contribution in [0.2, 0.25) is 0 Å². The smallest absolute Gasteiger partial charge is 0.207 e. The maximum absolute atomic E-state index is 5.11. The predicted molar refractivity (Wildman–Crippen MR) is 68.5 cm³/mol. The number of rotatable bonds is 5. The fourth-order valence-corrected chi connectivity index (χ4v) is 1.68. The third kappa shape index (κ3) is 2.85. The molecule has 0 atom stereocenters. The molecule has 1 heterocycles. The molecule has 0 saturated carbocycles. The Balaban J connectivity index is 2.17. The number of imidazole rings is 1. The van der Waals surface area contributed by atoms with Gasteiger partial charge in [-0.2, -0.15) is 0 Å². The van der Waals surface area contributed by atoms with E-state index in [0.717, 1.165) is 24.7 Å². The summed E-state index contributed by atoms with van der Waals surface area (Å²) in [5.74, 6) is 0.842. The molecule has 2 rings (SSSR count). The van der Waals surface area contributed by atoms with Crippen LogP contribution in [0.15, 0.2) is 36.7 Å². The number of nitrogens with zero attached hydrogens (tertiary/aromatic N) is 2. The van der Waals surface area contributed by atoms with Crippen LogP contribution in [0.5, 0.6) is 0 Å². The number of benzene rings is 1. The second kappa shape index (κ2) is 5.50. The van der Waals surface area contributed by atoms with Crippen LogP contribution < -0.4 is 5.32 Å². The van der Waals surface area contributed by atoms with Gasteiger partial charge in [0.1, 0.15) is 0 Å². The van der Waals surface area contributed by atoms with Crippen LogP contribution in [0.25, 0.3) is 0 Å². The van der Waals surface area contributed by atoms with Gasteiger partial charge in [0, 0.05) is 32.2 Å². The van der Waals surface area contributed by atoms with Gasteiger partial charge < -0.3 is 14.6 Å². The lowest BCUT2D eigenvalue weighted by molar-refractivity contribution is 0.202. The van der Waals surface area contributed by atoms with E-state index in [1.807, 2.05) is 29.9 Å². The van der Waals surface area contributed by atoms with E-state index in [9.17, 15) is 0 Å². The summed E-state index contributed by atoms with van der Waals surface area (Å²) in [6.45, 7) is 0.721. The molecule has 0 radical (unpaired) electrons. The highest BCUT2D eigenvalue weighted by molar-refractivity contribution is 5.58. The average Bonchev–Trinajstić information content (AvgIpc) is 2.74. The molecule has 4 nitrogen and oxygen atoms in total. The number of hydrogen-bond acceptors (Lipinski definition) is 3. The highest BCUT2D eigenvalue weighted by atomic mass is 16.5. The third-order valence-electron chi connectivity index (χ3n) is 2.66. The van der Waals surface area contributed by atoms with E-state index in [0.29, 0.717) is 0 Å². The molecular weight excluding hydrogens is 214 g/mol. The molecule has 0 spiro atoms. The fraction of sp³-hybridized carbons (Fsp3) is 0.308. The van der Waals surface area contributed by atoms with Gasteiger partial charge >= 0.3 is 0 Å². The largest absolute Gasteiger partial charge is 0.384 e. The van der Waals surface area contributed by atoms with Crippen molar-refractivity contribution in [2.24, 2.45) is 7.05 Å². The van der Waals surface area contributed by atoms with E-state index in [4.69, 9.17) is 4.74 Å². The number of nitrogens with one attached hydrogen (secondary N) is 1. The van der Waals surface area contributed by atoms with Gasteiger partial charge in [0.05, 0.1) is 6.61 Å². The molecule has 0 aliphatic carbocycles. The lowest BCUT2D eigenvalue weighted by Crippen LogP contribution is -2.03. The Hall–Kier alpha value is -1.81.